The minimum absolute atomic E-state index is 0.610. The second-order valence-electron chi connectivity index (χ2n) is 3.97. The van der Waals surface area contributed by atoms with E-state index in [1.165, 1.54) is 17.3 Å². The molecular weight excluding hydrogens is 198 g/mol. The van der Waals surface area contributed by atoms with Crippen molar-refractivity contribution in [3.05, 3.63) is 35.4 Å². The number of hydrogen-bond donors (Lipinski definition) is 1. The molecule has 0 saturated heterocycles. The quantitative estimate of drug-likeness (QED) is 0.405. The van der Waals surface area contributed by atoms with Gasteiger partial charge in [-0.25, -0.2) is 0 Å². The normalized spacial score (nSPS) is 10.0. The first-order valence-electron chi connectivity index (χ1n) is 5.87. The summed E-state index contributed by atoms with van der Waals surface area (Å²) in [6.45, 7) is 0. The molecule has 0 aromatic heterocycles. The molecule has 0 fully saturated rings. The zero-order valence-electron chi connectivity index (χ0n) is 9.61. The van der Waals surface area contributed by atoms with Gasteiger partial charge in [-0.05, 0) is 49.4 Å². The predicted molar refractivity (Wildman–Crippen MR) is 67.2 cm³/mol. The van der Waals surface area contributed by atoms with Crippen LogP contribution in [-0.4, -0.2) is 12.5 Å². The third-order valence-corrected chi connectivity index (χ3v) is 2.64. The summed E-state index contributed by atoms with van der Waals surface area (Å²) in [5, 5.41) is 6.92. The first-order valence-corrected chi connectivity index (χ1v) is 5.87. The molecule has 2 heteroatoms. The summed E-state index contributed by atoms with van der Waals surface area (Å²) in [6.07, 6.45) is 8.10. The van der Waals surface area contributed by atoms with Crippen molar-refractivity contribution < 1.29 is 4.79 Å². The van der Waals surface area contributed by atoms with Crippen molar-refractivity contribution >= 4 is 12.5 Å². The molecule has 86 valence electrons. The number of carbonyl (C=O) groups is 1. The van der Waals surface area contributed by atoms with Crippen molar-refractivity contribution in [1.82, 2.24) is 0 Å². The van der Waals surface area contributed by atoms with E-state index in [2.05, 4.69) is 24.3 Å². The Labute approximate surface area is 97.2 Å². The third kappa shape index (κ3) is 4.87. The molecule has 0 radical (unpaired) electrons. The summed E-state index contributed by atoms with van der Waals surface area (Å²) in [5.74, 6) is 0. The Morgan fingerprint density at radius 2 is 1.56 bits per heavy atom. The summed E-state index contributed by atoms with van der Waals surface area (Å²) >= 11 is 0. The van der Waals surface area contributed by atoms with E-state index in [4.69, 9.17) is 5.41 Å². The third-order valence-electron chi connectivity index (χ3n) is 2.64. The van der Waals surface area contributed by atoms with Crippen LogP contribution in [0.5, 0.6) is 0 Å². The number of hydrogen-bond acceptors (Lipinski definition) is 2. The molecule has 16 heavy (non-hydrogen) atoms. The van der Waals surface area contributed by atoms with Crippen LogP contribution in [0.2, 0.25) is 0 Å². The Morgan fingerprint density at radius 3 is 2.12 bits per heavy atom. The van der Waals surface area contributed by atoms with Crippen LogP contribution >= 0.6 is 0 Å². The van der Waals surface area contributed by atoms with Gasteiger partial charge in [-0.1, -0.05) is 24.3 Å². The Kier molecular flexibility index (Phi) is 6.16. The van der Waals surface area contributed by atoms with Crippen LogP contribution in [0, 0.1) is 5.41 Å². The molecule has 1 aromatic rings. The Balaban J connectivity index is 2.32. The van der Waals surface area contributed by atoms with E-state index in [-0.39, 0.29) is 0 Å². The van der Waals surface area contributed by atoms with Crippen molar-refractivity contribution in [1.29, 1.82) is 5.41 Å². The first kappa shape index (κ1) is 12.6. The van der Waals surface area contributed by atoms with E-state index in [9.17, 15) is 4.79 Å². The number of carbonyl (C=O) groups excluding carboxylic acids is 1. The van der Waals surface area contributed by atoms with E-state index in [0.717, 1.165) is 38.4 Å². The minimum Gasteiger partial charge on any atom is -0.313 e. The Bertz CT molecular complexity index is 316. The van der Waals surface area contributed by atoms with Gasteiger partial charge in [-0.2, -0.15) is 0 Å². The largest absolute Gasteiger partial charge is 0.313 e. The number of benzene rings is 1. The smallest absolute Gasteiger partial charge is 0.120 e. The zero-order valence-corrected chi connectivity index (χ0v) is 9.61. The Morgan fingerprint density at radius 1 is 0.938 bits per heavy atom. The van der Waals surface area contributed by atoms with E-state index < -0.39 is 0 Å². The van der Waals surface area contributed by atoms with Crippen LogP contribution in [0.15, 0.2) is 24.3 Å². The summed E-state index contributed by atoms with van der Waals surface area (Å²) in [4.78, 5) is 10.2. The van der Waals surface area contributed by atoms with Gasteiger partial charge in [-0.15, -0.1) is 0 Å². The molecule has 0 heterocycles. The average Bonchev–Trinajstić information content (AvgIpc) is 2.33. The molecule has 1 rings (SSSR count). The highest BCUT2D eigenvalue weighted by atomic mass is 16.1. The molecule has 0 aliphatic rings. The predicted octanol–water partition coefficient (Wildman–Crippen LogP) is 3.18. The molecule has 2 nitrogen and oxygen atoms in total. The van der Waals surface area contributed by atoms with E-state index >= 15 is 0 Å². The fourth-order valence-corrected chi connectivity index (χ4v) is 1.67. The van der Waals surface area contributed by atoms with Crippen molar-refractivity contribution in [3.8, 4) is 0 Å². The summed E-state index contributed by atoms with van der Waals surface area (Å²) in [7, 11) is 0. The standard InChI is InChI=1S/C14H19NO/c15-11-3-1-2-5-13-7-9-14(10-8-13)6-4-12-16/h7-12,15H,1-6H2. The van der Waals surface area contributed by atoms with Crippen molar-refractivity contribution in [3.63, 3.8) is 0 Å². The van der Waals surface area contributed by atoms with Gasteiger partial charge < -0.3 is 10.2 Å². The van der Waals surface area contributed by atoms with Crippen molar-refractivity contribution in [2.75, 3.05) is 0 Å². The highest BCUT2D eigenvalue weighted by Crippen LogP contribution is 2.09. The van der Waals surface area contributed by atoms with Gasteiger partial charge in [0.05, 0.1) is 0 Å². The number of nitrogens with one attached hydrogen (secondary N) is 1. The van der Waals surface area contributed by atoms with Gasteiger partial charge in [0.2, 0.25) is 0 Å². The van der Waals surface area contributed by atoms with Crippen LogP contribution in [0.3, 0.4) is 0 Å². The molecule has 0 saturated carbocycles. The lowest BCUT2D eigenvalue weighted by Crippen LogP contribution is -1.89. The SMILES string of the molecule is N=CCCCCc1ccc(CCC=O)cc1. The topological polar surface area (TPSA) is 40.9 Å². The molecule has 0 aliphatic heterocycles. The van der Waals surface area contributed by atoms with Crippen molar-refractivity contribution in [2.45, 2.75) is 38.5 Å². The van der Waals surface area contributed by atoms with E-state index in [0.29, 0.717) is 6.42 Å². The Hall–Kier alpha value is -1.44. The second-order valence-corrected chi connectivity index (χ2v) is 3.97. The van der Waals surface area contributed by atoms with E-state index in [1.807, 2.05) is 0 Å². The molecule has 0 unspecified atom stereocenters. The van der Waals surface area contributed by atoms with Gasteiger partial charge >= 0.3 is 0 Å². The number of aryl methyl sites for hydroxylation is 2. The summed E-state index contributed by atoms with van der Waals surface area (Å²) in [6, 6.07) is 8.50. The fraction of sp³-hybridized carbons (Fsp3) is 0.429. The van der Waals surface area contributed by atoms with Crippen LogP contribution in [0.25, 0.3) is 0 Å². The minimum atomic E-state index is 0.610. The number of aldehydes is 1. The van der Waals surface area contributed by atoms with Gasteiger partial charge in [0.1, 0.15) is 6.29 Å². The highest BCUT2D eigenvalue weighted by molar-refractivity contribution is 5.52. The highest BCUT2D eigenvalue weighted by Gasteiger charge is 1.95. The number of unbranched alkanes of at least 4 members (excludes halogenated alkanes) is 2. The lowest BCUT2D eigenvalue weighted by Gasteiger charge is -2.02. The van der Waals surface area contributed by atoms with Crippen LogP contribution in [-0.2, 0) is 17.6 Å². The van der Waals surface area contributed by atoms with Gasteiger partial charge in [0.15, 0.2) is 0 Å². The molecule has 0 atom stereocenters. The number of rotatable bonds is 8. The lowest BCUT2D eigenvalue weighted by atomic mass is 10.0. The average molecular weight is 217 g/mol. The second kappa shape index (κ2) is 7.80. The zero-order chi connectivity index (χ0) is 11.6. The van der Waals surface area contributed by atoms with Crippen LogP contribution < -0.4 is 0 Å². The molecular formula is C14H19NO. The molecule has 0 spiro atoms. The first-order chi connectivity index (χ1) is 7.86. The maximum absolute atomic E-state index is 10.2. The molecule has 0 aliphatic carbocycles. The van der Waals surface area contributed by atoms with Crippen molar-refractivity contribution in [2.24, 2.45) is 0 Å². The molecule has 1 N–H and O–H groups in total. The monoisotopic (exact) mass is 217 g/mol. The molecule has 0 bridgehead atoms. The van der Waals surface area contributed by atoms with Gasteiger partial charge in [0.25, 0.3) is 0 Å². The van der Waals surface area contributed by atoms with Crippen LogP contribution in [0.1, 0.15) is 36.8 Å². The summed E-state index contributed by atoms with van der Waals surface area (Å²) in [5.41, 5.74) is 2.58. The molecule has 1 aromatic carbocycles. The van der Waals surface area contributed by atoms with Gasteiger partial charge in [-0.3, -0.25) is 0 Å². The summed E-state index contributed by atoms with van der Waals surface area (Å²) < 4.78 is 0. The van der Waals surface area contributed by atoms with Gasteiger partial charge in [0, 0.05) is 6.42 Å². The van der Waals surface area contributed by atoms with Crippen LogP contribution in [0.4, 0.5) is 0 Å². The maximum atomic E-state index is 10.2. The lowest BCUT2D eigenvalue weighted by molar-refractivity contribution is -0.107. The maximum Gasteiger partial charge on any atom is 0.120 e. The fourth-order valence-electron chi connectivity index (χ4n) is 1.67. The van der Waals surface area contributed by atoms with E-state index in [1.54, 1.807) is 0 Å². The molecule has 0 amide bonds.